The molecule has 0 aliphatic heterocycles. The highest BCUT2D eigenvalue weighted by Gasteiger charge is 2.09. The first-order valence-electron chi connectivity index (χ1n) is 6.39. The minimum absolute atomic E-state index is 0.0706. The van der Waals surface area contributed by atoms with Gasteiger partial charge in [-0.3, -0.25) is 4.79 Å². The zero-order chi connectivity index (χ0) is 14.5. The molecule has 2 aromatic rings. The Labute approximate surface area is 128 Å². The van der Waals surface area contributed by atoms with Gasteiger partial charge in [-0.25, -0.2) is 0 Å². The standard InChI is InChI=1S/C15H17ClN2OS/c1-10-5-6-12(16)8-13(10)18-15(19)9-17-11(2)14-4-3-7-20-14/h3-8,11,17H,9H2,1-2H3,(H,18,19). The summed E-state index contributed by atoms with van der Waals surface area (Å²) >= 11 is 7.61. The molecule has 1 heterocycles. The van der Waals surface area contributed by atoms with E-state index in [-0.39, 0.29) is 18.5 Å². The van der Waals surface area contributed by atoms with E-state index in [2.05, 4.69) is 16.7 Å². The highest BCUT2D eigenvalue weighted by atomic mass is 35.5. The number of hydrogen-bond donors (Lipinski definition) is 2. The van der Waals surface area contributed by atoms with Crippen molar-refractivity contribution in [2.45, 2.75) is 19.9 Å². The lowest BCUT2D eigenvalue weighted by molar-refractivity contribution is -0.115. The van der Waals surface area contributed by atoms with Gasteiger partial charge in [-0.05, 0) is 43.0 Å². The van der Waals surface area contributed by atoms with Crippen LogP contribution in [0.15, 0.2) is 35.7 Å². The number of carbonyl (C=O) groups is 1. The van der Waals surface area contributed by atoms with Gasteiger partial charge in [0, 0.05) is 21.6 Å². The van der Waals surface area contributed by atoms with Crippen molar-refractivity contribution in [3.05, 3.63) is 51.2 Å². The van der Waals surface area contributed by atoms with Gasteiger partial charge in [0.1, 0.15) is 0 Å². The molecular weight excluding hydrogens is 292 g/mol. The molecule has 0 spiro atoms. The third-order valence-corrected chi connectivity index (χ3v) is 4.30. The molecular formula is C15H17ClN2OS. The summed E-state index contributed by atoms with van der Waals surface area (Å²) in [5, 5.41) is 8.72. The zero-order valence-electron chi connectivity index (χ0n) is 11.4. The van der Waals surface area contributed by atoms with Crippen molar-refractivity contribution in [2.24, 2.45) is 0 Å². The SMILES string of the molecule is Cc1ccc(Cl)cc1NC(=O)CNC(C)c1cccs1. The molecule has 20 heavy (non-hydrogen) atoms. The van der Waals surface area contributed by atoms with Crippen LogP contribution in [0, 0.1) is 6.92 Å². The Balaban J connectivity index is 1.88. The summed E-state index contributed by atoms with van der Waals surface area (Å²) in [6.07, 6.45) is 0. The van der Waals surface area contributed by atoms with E-state index in [1.807, 2.05) is 37.4 Å². The molecule has 0 fully saturated rings. The molecule has 1 aromatic carbocycles. The summed E-state index contributed by atoms with van der Waals surface area (Å²) in [6.45, 7) is 4.25. The molecule has 1 atom stereocenters. The van der Waals surface area contributed by atoms with E-state index in [1.54, 1.807) is 17.4 Å². The van der Waals surface area contributed by atoms with Crippen LogP contribution in [0.5, 0.6) is 0 Å². The summed E-state index contributed by atoms with van der Waals surface area (Å²) in [5.41, 5.74) is 1.75. The van der Waals surface area contributed by atoms with E-state index in [4.69, 9.17) is 11.6 Å². The highest BCUT2D eigenvalue weighted by Crippen LogP contribution is 2.20. The lowest BCUT2D eigenvalue weighted by atomic mass is 10.2. The first-order chi connectivity index (χ1) is 9.56. The van der Waals surface area contributed by atoms with Gasteiger partial charge in [-0.1, -0.05) is 23.7 Å². The summed E-state index contributed by atoms with van der Waals surface area (Å²) < 4.78 is 0. The van der Waals surface area contributed by atoms with Gasteiger partial charge in [0.15, 0.2) is 0 Å². The highest BCUT2D eigenvalue weighted by molar-refractivity contribution is 7.10. The Hall–Kier alpha value is -1.36. The molecule has 5 heteroatoms. The van der Waals surface area contributed by atoms with Crippen LogP contribution >= 0.6 is 22.9 Å². The third-order valence-electron chi connectivity index (χ3n) is 3.01. The van der Waals surface area contributed by atoms with Gasteiger partial charge in [0.25, 0.3) is 0 Å². The van der Waals surface area contributed by atoms with Crippen molar-refractivity contribution in [1.82, 2.24) is 5.32 Å². The number of rotatable bonds is 5. The number of aryl methyl sites for hydroxylation is 1. The van der Waals surface area contributed by atoms with Crippen LogP contribution in [-0.2, 0) is 4.79 Å². The average Bonchev–Trinajstić information content (AvgIpc) is 2.94. The lowest BCUT2D eigenvalue weighted by Gasteiger charge is -2.13. The minimum atomic E-state index is -0.0706. The molecule has 1 aromatic heterocycles. The second-order valence-corrected chi connectivity index (χ2v) is 6.04. The van der Waals surface area contributed by atoms with Crippen molar-refractivity contribution < 1.29 is 4.79 Å². The molecule has 0 radical (unpaired) electrons. The number of carbonyl (C=O) groups excluding carboxylic acids is 1. The number of hydrogen-bond acceptors (Lipinski definition) is 3. The van der Waals surface area contributed by atoms with E-state index < -0.39 is 0 Å². The van der Waals surface area contributed by atoms with Crippen LogP contribution < -0.4 is 10.6 Å². The van der Waals surface area contributed by atoms with Gasteiger partial charge in [0.2, 0.25) is 5.91 Å². The maximum absolute atomic E-state index is 11.9. The third kappa shape index (κ3) is 4.07. The molecule has 0 aliphatic carbocycles. The smallest absolute Gasteiger partial charge is 0.238 e. The van der Waals surface area contributed by atoms with Crippen molar-refractivity contribution in [1.29, 1.82) is 0 Å². The largest absolute Gasteiger partial charge is 0.325 e. The lowest BCUT2D eigenvalue weighted by Crippen LogP contribution is -2.30. The van der Waals surface area contributed by atoms with Crippen LogP contribution in [-0.4, -0.2) is 12.5 Å². The zero-order valence-corrected chi connectivity index (χ0v) is 13.0. The van der Waals surface area contributed by atoms with E-state index in [0.29, 0.717) is 5.02 Å². The average molecular weight is 309 g/mol. The number of halogens is 1. The molecule has 1 unspecified atom stereocenters. The summed E-state index contributed by atoms with van der Waals surface area (Å²) in [4.78, 5) is 13.2. The van der Waals surface area contributed by atoms with Crippen LogP contribution in [0.2, 0.25) is 5.02 Å². The van der Waals surface area contributed by atoms with Crippen LogP contribution in [0.1, 0.15) is 23.4 Å². The molecule has 1 amide bonds. The first kappa shape index (κ1) is 15.0. The van der Waals surface area contributed by atoms with Gasteiger partial charge >= 0.3 is 0 Å². The number of benzene rings is 1. The Morgan fingerprint density at radius 1 is 1.40 bits per heavy atom. The number of amides is 1. The predicted octanol–water partition coefficient (Wildman–Crippen LogP) is 4.00. The van der Waals surface area contributed by atoms with E-state index in [0.717, 1.165) is 11.3 Å². The van der Waals surface area contributed by atoms with E-state index >= 15 is 0 Å². The molecule has 0 bridgehead atoms. The summed E-state index contributed by atoms with van der Waals surface area (Å²) in [6, 6.07) is 9.69. The van der Waals surface area contributed by atoms with Gasteiger partial charge in [-0.15, -0.1) is 11.3 Å². The molecule has 0 saturated heterocycles. The van der Waals surface area contributed by atoms with Crippen molar-refractivity contribution in [3.63, 3.8) is 0 Å². The number of thiophene rings is 1. The fraction of sp³-hybridized carbons (Fsp3) is 0.267. The Kier molecular flexibility index (Phi) is 5.17. The Bertz CT molecular complexity index is 584. The monoisotopic (exact) mass is 308 g/mol. The molecule has 2 N–H and O–H groups in total. The van der Waals surface area contributed by atoms with Gasteiger partial charge in [-0.2, -0.15) is 0 Å². The minimum Gasteiger partial charge on any atom is -0.325 e. The fourth-order valence-corrected chi connectivity index (χ4v) is 2.74. The Morgan fingerprint density at radius 2 is 2.20 bits per heavy atom. The van der Waals surface area contributed by atoms with Crippen molar-refractivity contribution in [2.75, 3.05) is 11.9 Å². The summed E-state index contributed by atoms with van der Waals surface area (Å²) in [5.74, 6) is -0.0706. The van der Waals surface area contributed by atoms with Crippen LogP contribution in [0.3, 0.4) is 0 Å². The maximum Gasteiger partial charge on any atom is 0.238 e. The van der Waals surface area contributed by atoms with E-state index in [9.17, 15) is 4.79 Å². The van der Waals surface area contributed by atoms with E-state index in [1.165, 1.54) is 4.88 Å². The maximum atomic E-state index is 11.9. The van der Waals surface area contributed by atoms with Crippen LogP contribution in [0.25, 0.3) is 0 Å². The number of nitrogens with one attached hydrogen (secondary N) is 2. The topological polar surface area (TPSA) is 41.1 Å². The van der Waals surface area contributed by atoms with Gasteiger partial charge < -0.3 is 10.6 Å². The molecule has 0 aliphatic rings. The summed E-state index contributed by atoms with van der Waals surface area (Å²) in [7, 11) is 0. The molecule has 0 saturated carbocycles. The van der Waals surface area contributed by atoms with Crippen molar-refractivity contribution >= 4 is 34.5 Å². The Morgan fingerprint density at radius 3 is 2.90 bits per heavy atom. The van der Waals surface area contributed by atoms with Crippen molar-refractivity contribution in [3.8, 4) is 0 Å². The first-order valence-corrected chi connectivity index (χ1v) is 7.65. The quantitative estimate of drug-likeness (QED) is 0.876. The molecule has 3 nitrogen and oxygen atoms in total. The fourth-order valence-electron chi connectivity index (χ4n) is 1.81. The van der Waals surface area contributed by atoms with Gasteiger partial charge in [0.05, 0.1) is 6.54 Å². The van der Waals surface area contributed by atoms with Crippen LogP contribution in [0.4, 0.5) is 5.69 Å². The molecule has 106 valence electrons. The normalized spacial score (nSPS) is 12.2. The number of anilines is 1. The predicted molar refractivity (Wildman–Crippen MR) is 85.6 cm³/mol. The second kappa shape index (κ2) is 6.88. The second-order valence-electron chi connectivity index (χ2n) is 4.63. The molecule has 2 rings (SSSR count).